The van der Waals surface area contributed by atoms with Gasteiger partial charge in [0.05, 0.1) is 18.0 Å². The number of halogens is 1. The lowest BCUT2D eigenvalue weighted by molar-refractivity contribution is -0.143. The van der Waals surface area contributed by atoms with Gasteiger partial charge in [-0.3, -0.25) is 4.79 Å². The molecule has 1 aromatic carbocycles. The molecule has 0 aromatic heterocycles. The molecule has 0 saturated carbocycles. The van der Waals surface area contributed by atoms with E-state index in [1.54, 1.807) is 19.1 Å². The Bertz CT molecular complexity index is 383. The molecule has 0 heterocycles. The Morgan fingerprint density at radius 3 is 3.00 bits per heavy atom. The highest BCUT2D eigenvalue weighted by Gasteiger charge is 2.04. The molecular formula is C12H17FN2O2. The summed E-state index contributed by atoms with van der Waals surface area (Å²) in [6, 6.07) is 4.58. The summed E-state index contributed by atoms with van der Waals surface area (Å²) in [6.45, 7) is 2.71. The van der Waals surface area contributed by atoms with Crippen molar-refractivity contribution < 1.29 is 13.9 Å². The molecular weight excluding hydrogens is 223 g/mol. The van der Waals surface area contributed by atoms with Gasteiger partial charge in [0.25, 0.3) is 0 Å². The van der Waals surface area contributed by atoms with E-state index in [9.17, 15) is 9.18 Å². The highest BCUT2D eigenvalue weighted by atomic mass is 19.1. The van der Waals surface area contributed by atoms with Gasteiger partial charge < -0.3 is 15.8 Å². The molecule has 0 radical (unpaired) electrons. The molecule has 4 nitrogen and oxygen atoms in total. The Morgan fingerprint density at radius 1 is 1.53 bits per heavy atom. The van der Waals surface area contributed by atoms with Crippen molar-refractivity contribution in [2.45, 2.75) is 19.8 Å². The van der Waals surface area contributed by atoms with Crippen LogP contribution in [0.2, 0.25) is 0 Å². The summed E-state index contributed by atoms with van der Waals surface area (Å²) in [5, 5.41) is 2.98. The fourth-order valence-electron chi connectivity index (χ4n) is 1.38. The second kappa shape index (κ2) is 6.73. The summed E-state index contributed by atoms with van der Waals surface area (Å²) in [7, 11) is 0. The number of esters is 1. The van der Waals surface area contributed by atoms with E-state index in [2.05, 4.69) is 5.32 Å². The Labute approximate surface area is 100.0 Å². The summed E-state index contributed by atoms with van der Waals surface area (Å²) in [5.74, 6) is -0.665. The first kappa shape index (κ1) is 13.3. The lowest BCUT2D eigenvalue weighted by atomic mass is 10.2. The van der Waals surface area contributed by atoms with Crippen molar-refractivity contribution in [3.8, 4) is 0 Å². The molecule has 1 rings (SSSR count). The standard InChI is InChI=1S/C12H17FN2O2/c1-2-17-11(16)7-4-8-15-10-6-3-5-9(13)12(10)14/h3,5-6,15H,2,4,7-8,14H2,1H3. The number of nitrogen functional groups attached to an aromatic ring is 1. The van der Waals surface area contributed by atoms with Gasteiger partial charge in [-0.05, 0) is 25.5 Å². The summed E-state index contributed by atoms with van der Waals surface area (Å²) < 4.78 is 17.9. The number of carbonyl (C=O) groups is 1. The van der Waals surface area contributed by atoms with Crippen molar-refractivity contribution >= 4 is 17.3 Å². The number of benzene rings is 1. The van der Waals surface area contributed by atoms with Crippen molar-refractivity contribution in [3.63, 3.8) is 0 Å². The van der Waals surface area contributed by atoms with E-state index in [1.165, 1.54) is 6.07 Å². The zero-order valence-electron chi connectivity index (χ0n) is 9.83. The fraction of sp³-hybridized carbons (Fsp3) is 0.417. The second-order valence-electron chi connectivity index (χ2n) is 3.54. The van der Waals surface area contributed by atoms with Crippen LogP contribution in [0.3, 0.4) is 0 Å². The Hall–Kier alpha value is -1.78. The van der Waals surface area contributed by atoms with Crippen LogP contribution in [0.1, 0.15) is 19.8 Å². The first-order valence-electron chi connectivity index (χ1n) is 5.58. The van der Waals surface area contributed by atoms with Crippen LogP contribution < -0.4 is 11.1 Å². The third-order valence-corrected chi connectivity index (χ3v) is 2.23. The minimum atomic E-state index is -0.444. The topological polar surface area (TPSA) is 64.3 Å². The molecule has 0 unspecified atom stereocenters. The summed E-state index contributed by atoms with van der Waals surface area (Å²) in [5.41, 5.74) is 6.19. The van der Waals surface area contributed by atoms with Crippen LogP contribution in [0.4, 0.5) is 15.8 Å². The van der Waals surface area contributed by atoms with Gasteiger partial charge in [-0.2, -0.15) is 0 Å². The van der Waals surface area contributed by atoms with E-state index in [-0.39, 0.29) is 11.7 Å². The number of rotatable bonds is 6. The van der Waals surface area contributed by atoms with Gasteiger partial charge >= 0.3 is 5.97 Å². The molecule has 94 valence electrons. The second-order valence-corrected chi connectivity index (χ2v) is 3.54. The average molecular weight is 240 g/mol. The average Bonchev–Trinajstić information content (AvgIpc) is 2.30. The van der Waals surface area contributed by atoms with E-state index in [4.69, 9.17) is 10.5 Å². The molecule has 0 bridgehead atoms. The van der Waals surface area contributed by atoms with Crippen LogP contribution >= 0.6 is 0 Å². The number of para-hydroxylation sites is 1. The highest BCUT2D eigenvalue weighted by molar-refractivity contribution is 5.69. The normalized spacial score (nSPS) is 10.0. The highest BCUT2D eigenvalue weighted by Crippen LogP contribution is 2.20. The van der Waals surface area contributed by atoms with Crippen molar-refractivity contribution in [2.24, 2.45) is 0 Å². The van der Waals surface area contributed by atoms with Gasteiger partial charge in [0, 0.05) is 13.0 Å². The van der Waals surface area contributed by atoms with E-state index < -0.39 is 5.82 Å². The van der Waals surface area contributed by atoms with Crippen molar-refractivity contribution in [3.05, 3.63) is 24.0 Å². The maximum Gasteiger partial charge on any atom is 0.305 e. The van der Waals surface area contributed by atoms with Gasteiger partial charge in [-0.1, -0.05) is 6.07 Å². The SMILES string of the molecule is CCOC(=O)CCCNc1cccc(F)c1N. The molecule has 0 fully saturated rings. The lowest BCUT2D eigenvalue weighted by Gasteiger charge is -2.09. The van der Waals surface area contributed by atoms with Crippen LogP contribution in [0.15, 0.2) is 18.2 Å². The Kier molecular flexibility index (Phi) is 5.26. The predicted molar refractivity (Wildman–Crippen MR) is 65.2 cm³/mol. The monoisotopic (exact) mass is 240 g/mol. The number of ether oxygens (including phenoxy) is 1. The Morgan fingerprint density at radius 2 is 2.29 bits per heavy atom. The number of nitrogens with one attached hydrogen (secondary N) is 1. The number of hydrogen-bond acceptors (Lipinski definition) is 4. The quantitative estimate of drug-likeness (QED) is 0.454. The Balaban J connectivity index is 2.31. The zero-order chi connectivity index (χ0) is 12.7. The van der Waals surface area contributed by atoms with Gasteiger partial charge in [-0.25, -0.2) is 4.39 Å². The molecule has 3 N–H and O–H groups in total. The van der Waals surface area contributed by atoms with Crippen LogP contribution in [-0.4, -0.2) is 19.1 Å². The van der Waals surface area contributed by atoms with Crippen LogP contribution in [0.5, 0.6) is 0 Å². The fourth-order valence-corrected chi connectivity index (χ4v) is 1.38. The number of carbonyl (C=O) groups excluding carboxylic acids is 1. The first-order valence-corrected chi connectivity index (χ1v) is 5.58. The molecule has 0 spiro atoms. The minimum absolute atomic E-state index is 0.101. The van der Waals surface area contributed by atoms with Gasteiger partial charge in [0.2, 0.25) is 0 Å². The predicted octanol–water partition coefficient (Wildman–Crippen LogP) is 2.16. The third-order valence-electron chi connectivity index (χ3n) is 2.23. The maximum absolute atomic E-state index is 13.1. The molecule has 0 aliphatic rings. The van der Waals surface area contributed by atoms with Crippen LogP contribution in [0.25, 0.3) is 0 Å². The van der Waals surface area contributed by atoms with E-state index in [0.717, 1.165) is 0 Å². The third kappa shape index (κ3) is 4.30. The molecule has 0 aliphatic carbocycles. The smallest absolute Gasteiger partial charge is 0.305 e. The van der Waals surface area contributed by atoms with E-state index in [1.807, 2.05) is 0 Å². The molecule has 0 aliphatic heterocycles. The van der Waals surface area contributed by atoms with Crippen molar-refractivity contribution in [1.82, 2.24) is 0 Å². The van der Waals surface area contributed by atoms with Gasteiger partial charge in [-0.15, -0.1) is 0 Å². The van der Waals surface area contributed by atoms with E-state index >= 15 is 0 Å². The molecule has 17 heavy (non-hydrogen) atoms. The molecule has 1 aromatic rings. The number of hydrogen-bond donors (Lipinski definition) is 2. The van der Waals surface area contributed by atoms with Crippen LogP contribution in [0, 0.1) is 5.82 Å². The summed E-state index contributed by atoms with van der Waals surface area (Å²) >= 11 is 0. The van der Waals surface area contributed by atoms with Gasteiger partial charge in [0.1, 0.15) is 5.82 Å². The van der Waals surface area contributed by atoms with Crippen LogP contribution in [-0.2, 0) is 9.53 Å². The summed E-state index contributed by atoms with van der Waals surface area (Å²) in [6.07, 6.45) is 0.963. The zero-order valence-corrected chi connectivity index (χ0v) is 9.83. The number of anilines is 2. The lowest BCUT2D eigenvalue weighted by Crippen LogP contribution is -2.09. The van der Waals surface area contributed by atoms with Crippen molar-refractivity contribution in [1.29, 1.82) is 0 Å². The molecule has 0 saturated heterocycles. The minimum Gasteiger partial charge on any atom is -0.466 e. The van der Waals surface area contributed by atoms with Crippen molar-refractivity contribution in [2.75, 3.05) is 24.2 Å². The maximum atomic E-state index is 13.1. The molecule has 0 amide bonds. The molecule has 5 heteroatoms. The number of nitrogens with two attached hydrogens (primary N) is 1. The summed E-state index contributed by atoms with van der Waals surface area (Å²) in [4.78, 5) is 11.0. The molecule has 0 atom stereocenters. The largest absolute Gasteiger partial charge is 0.466 e. The van der Waals surface area contributed by atoms with Gasteiger partial charge in [0.15, 0.2) is 0 Å². The first-order chi connectivity index (χ1) is 8.15. The van der Waals surface area contributed by atoms with E-state index in [0.29, 0.717) is 31.7 Å².